The van der Waals surface area contributed by atoms with E-state index in [0.29, 0.717) is 6.61 Å². The quantitative estimate of drug-likeness (QED) is 0.633. The van der Waals surface area contributed by atoms with E-state index in [2.05, 4.69) is 12.1 Å². The third kappa shape index (κ3) is 1.76. The van der Waals surface area contributed by atoms with Crippen LogP contribution in [0.15, 0.2) is 24.3 Å². The summed E-state index contributed by atoms with van der Waals surface area (Å²) < 4.78 is 11.1. The van der Waals surface area contributed by atoms with Gasteiger partial charge in [-0.25, -0.2) is 0 Å². The average molecular weight is 176 g/mol. The Bertz CT molecular complexity index is 299. The lowest BCUT2D eigenvalue weighted by molar-refractivity contribution is 0.170. The minimum Gasteiger partial charge on any atom is -0.405 e. The number of benzene rings is 1. The molecule has 0 unspecified atom stereocenters. The van der Waals surface area contributed by atoms with Crippen LogP contribution in [0.1, 0.15) is 19.4 Å². The summed E-state index contributed by atoms with van der Waals surface area (Å²) in [6.45, 7) is 4.71. The van der Waals surface area contributed by atoms with Crippen LogP contribution in [0.4, 0.5) is 0 Å². The Kier molecular flexibility index (Phi) is 2.38. The van der Waals surface area contributed by atoms with Crippen molar-refractivity contribution in [1.29, 1.82) is 0 Å². The highest BCUT2D eigenvalue weighted by Crippen LogP contribution is 2.11. The predicted molar refractivity (Wildman–Crippen MR) is 52.8 cm³/mol. The van der Waals surface area contributed by atoms with Crippen molar-refractivity contribution in [2.75, 3.05) is 0 Å². The van der Waals surface area contributed by atoms with E-state index < -0.39 is 0 Å². The Morgan fingerprint density at radius 3 is 2.92 bits per heavy atom. The minimum atomic E-state index is -0.156. The molecule has 2 rings (SSSR count). The Morgan fingerprint density at radius 1 is 1.38 bits per heavy atom. The normalized spacial score (nSPS) is 15.2. The number of hydrogen-bond donors (Lipinski definition) is 0. The molecule has 1 aliphatic heterocycles. The molecule has 0 bridgehead atoms. The molecule has 1 heterocycles. The molecule has 1 aliphatic rings. The first-order valence-corrected chi connectivity index (χ1v) is 4.62. The highest BCUT2D eigenvalue weighted by atomic mass is 16.6. The molecule has 0 atom stereocenters. The van der Waals surface area contributed by atoms with Gasteiger partial charge in [0.25, 0.3) is 0 Å². The Hall–Kier alpha value is -0.795. The number of hydrogen-bond acceptors (Lipinski definition) is 2. The van der Waals surface area contributed by atoms with Crippen LogP contribution in [0.25, 0.3) is 0 Å². The summed E-state index contributed by atoms with van der Waals surface area (Å²) in [4.78, 5) is 0. The molecule has 1 aromatic carbocycles. The van der Waals surface area contributed by atoms with Gasteiger partial charge in [0.15, 0.2) is 0 Å². The Labute approximate surface area is 79.0 Å². The third-order valence-corrected chi connectivity index (χ3v) is 2.10. The lowest BCUT2D eigenvalue weighted by atomic mass is 9.79. The van der Waals surface area contributed by atoms with Crippen molar-refractivity contribution >= 4 is 12.6 Å². The summed E-state index contributed by atoms with van der Waals surface area (Å²) in [6, 6.07) is 8.19. The second-order valence-electron chi connectivity index (χ2n) is 3.53. The average Bonchev–Trinajstić information content (AvgIpc) is 2.48. The smallest absolute Gasteiger partial charge is 0.405 e. The molecule has 13 heavy (non-hydrogen) atoms. The molecule has 3 heteroatoms. The zero-order valence-electron chi connectivity index (χ0n) is 7.99. The molecule has 0 aliphatic carbocycles. The summed E-state index contributed by atoms with van der Waals surface area (Å²) in [5.41, 5.74) is 2.42. The molecule has 0 fully saturated rings. The molecule has 1 aromatic rings. The first kappa shape index (κ1) is 8.79. The van der Waals surface area contributed by atoms with Crippen molar-refractivity contribution in [1.82, 2.24) is 0 Å². The lowest BCUT2D eigenvalue weighted by Crippen LogP contribution is -2.34. The SMILES string of the molecule is CC(C)OB1OCc2ccccc21. The first-order valence-electron chi connectivity index (χ1n) is 4.62. The highest BCUT2D eigenvalue weighted by Gasteiger charge is 2.30. The van der Waals surface area contributed by atoms with E-state index in [0.717, 1.165) is 0 Å². The van der Waals surface area contributed by atoms with E-state index in [1.165, 1.54) is 11.0 Å². The van der Waals surface area contributed by atoms with Crippen LogP contribution in [0.2, 0.25) is 0 Å². The van der Waals surface area contributed by atoms with Gasteiger partial charge in [-0.3, -0.25) is 0 Å². The summed E-state index contributed by atoms with van der Waals surface area (Å²) in [5.74, 6) is 0. The second-order valence-corrected chi connectivity index (χ2v) is 3.53. The zero-order valence-corrected chi connectivity index (χ0v) is 7.99. The van der Waals surface area contributed by atoms with E-state index in [4.69, 9.17) is 9.31 Å². The molecule has 0 radical (unpaired) electrons. The van der Waals surface area contributed by atoms with E-state index in [1.54, 1.807) is 0 Å². The van der Waals surface area contributed by atoms with Gasteiger partial charge in [0.1, 0.15) is 0 Å². The van der Waals surface area contributed by atoms with Crippen LogP contribution < -0.4 is 5.46 Å². The number of rotatable bonds is 2. The standard InChI is InChI=1S/C10H13BO2/c1-8(2)13-11-10-6-4-3-5-9(10)7-12-11/h3-6,8H,7H2,1-2H3. The summed E-state index contributed by atoms with van der Waals surface area (Å²) in [5, 5.41) is 0. The summed E-state index contributed by atoms with van der Waals surface area (Å²) >= 11 is 0. The Balaban J connectivity index is 2.18. The number of fused-ring (bicyclic) bond motifs is 1. The fraction of sp³-hybridized carbons (Fsp3) is 0.400. The Morgan fingerprint density at radius 2 is 2.15 bits per heavy atom. The third-order valence-electron chi connectivity index (χ3n) is 2.10. The maximum Gasteiger partial charge on any atom is 0.494 e. The maximum absolute atomic E-state index is 5.62. The summed E-state index contributed by atoms with van der Waals surface area (Å²) in [6.07, 6.45) is 0.205. The van der Waals surface area contributed by atoms with Gasteiger partial charge in [0.2, 0.25) is 0 Å². The largest absolute Gasteiger partial charge is 0.494 e. The molecule has 0 amide bonds. The van der Waals surface area contributed by atoms with Gasteiger partial charge in [0, 0.05) is 6.10 Å². The fourth-order valence-electron chi connectivity index (χ4n) is 1.51. The molecule has 2 nitrogen and oxygen atoms in total. The van der Waals surface area contributed by atoms with Crippen LogP contribution in [-0.4, -0.2) is 13.2 Å². The molecular weight excluding hydrogens is 163 g/mol. The van der Waals surface area contributed by atoms with Crippen LogP contribution >= 0.6 is 0 Å². The molecule has 0 saturated heterocycles. The van der Waals surface area contributed by atoms with Crippen molar-refractivity contribution < 1.29 is 9.31 Å². The molecule has 0 saturated carbocycles. The second kappa shape index (κ2) is 3.52. The van der Waals surface area contributed by atoms with E-state index in [-0.39, 0.29) is 13.2 Å². The maximum atomic E-state index is 5.62. The van der Waals surface area contributed by atoms with Gasteiger partial charge in [-0.05, 0) is 24.9 Å². The van der Waals surface area contributed by atoms with Gasteiger partial charge in [-0.15, -0.1) is 0 Å². The molecule has 0 aromatic heterocycles. The zero-order chi connectivity index (χ0) is 9.26. The van der Waals surface area contributed by atoms with E-state index in [9.17, 15) is 0 Å². The summed E-state index contributed by atoms with van der Waals surface area (Å²) in [7, 11) is -0.156. The highest BCUT2D eigenvalue weighted by molar-refractivity contribution is 6.62. The van der Waals surface area contributed by atoms with Crippen molar-refractivity contribution in [2.24, 2.45) is 0 Å². The van der Waals surface area contributed by atoms with Crippen molar-refractivity contribution in [3.63, 3.8) is 0 Å². The van der Waals surface area contributed by atoms with Crippen molar-refractivity contribution in [3.8, 4) is 0 Å². The van der Waals surface area contributed by atoms with Gasteiger partial charge in [-0.2, -0.15) is 0 Å². The van der Waals surface area contributed by atoms with Crippen molar-refractivity contribution in [3.05, 3.63) is 29.8 Å². The molecule has 0 N–H and O–H groups in total. The molecule has 68 valence electrons. The van der Waals surface area contributed by atoms with E-state index in [1.807, 2.05) is 26.0 Å². The van der Waals surface area contributed by atoms with Gasteiger partial charge in [-0.1, -0.05) is 24.3 Å². The fourth-order valence-corrected chi connectivity index (χ4v) is 1.51. The lowest BCUT2D eigenvalue weighted by Gasteiger charge is -2.11. The van der Waals surface area contributed by atoms with Gasteiger partial charge in [0.05, 0.1) is 6.61 Å². The van der Waals surface area contributed by atoms with Gasteiger partial charge >= 0.3 is 7.12 Å². The predicted octanol–water partition coefficient (Wildman–Crippen LogP) is 1.34. The minimum absolute atomic E-state index is 0.156. The van der Waals surface area contributed by atoms with Crippen LogP contribution in [0.3, 0.4) is 0 Å². The molecule has 0 spiro atoms. The van der Waals surface area contributed by atoms with Gasteiger partial charge < -0.3 is 9.31 Å². The topological polar surface area (TPSA) is 18.5 Å². The van der Waals surface area contributed by atoms with Crippen molar-refractivity contribution in [2.45, 2.75) is 26.6 Å². The van der Waals surface area contributed by atoms with E-state index >= 15 is 0 Å². The van der Waals surface area contributed by atoms with Crippen LogP contribution in [-0.2, 0) is 15.9 Å². The monoisotopic (exact) mass is 176 g/mol. The van der Waals surface area contributed by atoms with Crippen LogP contribution in [0, 0.1) is 0 Å². The van der Waals surface area contributed by atoms with Crippen LogP contribution in [0.5, 0.6) is 0 Å². The first-order chi connectivity index (χ1) is 6.27. The molecular formula is C10H13BO2.